The molecule has 0 fully saturated rings. The van der Waals surface area contributed by atoms with Gasteiger partial charge in [0.1, 0.15) is 6.54 Å². The van der Waals surface area contributed by atoms with Crippen molar-refractivity contribution in [1.82, 2.24) is 9.88 Å². The van der Waals surface area contributed by atoms with Gasteiger partial charge >= 0.3 is 0 Å². The predicted octanol–water partition coefficient (Wildman–Crippen LogP) is -0.755. The third-order valence-electron chi connectivity index (χ3n) is 3.75. The van der Waals surface area contributed by atoms with E-state index in [2.05, 4.69) is 21.9 Å². The van der Waals surface area contributed by atoms with E-state index < -0.39 is 0 Å². The van der Waals surface area contributed by atoms with Crippen molar-refractivity contribution >= 4 is 5.91 Å². The van der Waals surface area contributed by atoms with Gasteiger partial charge in [0.2, 0.25) is 5.91 Å². The topological polar surface area (TPSA) is 37.1 Å². The zero-order chi connectivity index (χ0) is 15.6. The Bertz CT molecular complexity index is 563. The number of likely N-dealkylation sites (N-methyl/N-ethyl adjacent to an activating group) is 1. The minimum atomic E-state index is 0. The maximum atomic E-state index is 12.1. The number of hydrogen-bond acceptors (Lipinski definition) is 2. The van der Waals surface area contributed by atoms with Gasteiger partial charge in [0.15, 0.2) is 12.4 Å². The van der Waals surface area contributed by atoms with Gasteiger partial charge in [-0.15, -0.1) is 0 Å². The number of nitrogens with zero attached hydrogens (tertiary/aromatic N) is 3. The average molecular weight is 378 g/mol. The molecule has 0 bridgehead atoms. The Balaban J connectivity index is 0.00000264. The van der Waals surface area contributed by atoms with Crippen molar-refractivity contribution in [3.05, 3.63) is 60.7 Å². The maximum Gasteiger partial charge on any atom is 0.222 e. The first kappa shape index (κ1) is 19.3. The number of amides is 1. The van der Waals surface area contributed by atoms with E-state index in [1.54, 1.807) is 12.4 Å². The maximum absolute atomic E-state index is 12.1. The summed E-state index contributed by atoms with van der Waals surface area (Å²) in [5.41, 5.74) is 1.22. The summed E-state index contributed by atoms with van der Waals surface area (Å²) in [5.74, 6) is 0.229. The van der Waals surface area contributed by atoms with Crippen LogP contribution in [0.4, 0.5) is 0 Å². The molecule has 0 radical (unpaired) electrons. The van der Waals surface area contributed by atoms with Crippen LogP contribution in [0, 0.1) is 0 Å². The number of unbranched alkanes of at least 4 members (excludes halogenated alkanes) is 1. The Hall–Kier alpha value is -1.75. The quantitative estimate of drug-likeness (QED) is 0.448. The van der Waals surface area contributed by atoms with Crippen LogP contribution in [0.3, 0.4) is 0 Å². The number of halogens is 1. The summed E-state index contributed by atoms with van der Waals surface area (Å²) in [7, 11) is 1.88. The molecule has 1 amide bonds. The van der Waals surface area contributed by atoms with Crippen molar-refractivity contribution in [2.75, 3.05) is 13.6 Å². The van der Waals surface area contributed by atoms with E-state index in [1.165, 1.54) is 5.56 Å². The molecule has 5 heteroatoms. The van der Waals surface area contributed by atoms with Crippen LogP contribution < -0.4 is 21.5 Å². The molecule has 0 aliphatic carbocycles. The number of carbonyl (C=O) groups is 1. The summed E-state index contributed by atoms with van der Waals surface area (Å²) in [5, 5.41) is 0. The minimum absolute atomic E-state index is 0. The van der Waals surface area contributed by atoms with Crippen LogP contribution in [0.15, 0.2) is 55.1 Å². The van der Waals surface area contributed by atoms with E-state index in [-0.39, 0.29) is 22.9 Å². The number of pyridine rings is 2. The Morgan fingerprint density at radius 3 is 2.52 bits per heavy atom. The zero-order valence-corrected chi connectivity index (χ0v) is 15.2. The van der Waals surface area contributed by atoms with Gasteiger partial charge in [-0.2, -0.15) is 0 Å². The molecular formula is C18H24BrN3O. The van der Waals surface area contributed by atoms with Crippen molar-refractivity contribution in [3.63, 3.8) is 0 Å². The van der Waals surface area contributed by atoms with Crippen molar-refractivity contribution in [2.45, 2.75) is 32.2 Å². The Kier molecular flexibility index (Phi) is 9.14. The molecule has 0 atom stereocenters. The van der Waals surface area contributed by atoms with E-state index in [9.17, 15) is 4.79 Å². The highest BCUT2D eigenvalue weighted by Gasteiger charge is 2.09. The largest absolute Gasteiger partial charge is 1.00 e. The lowest BCUT2D eigenvalue weighted by atomic mass is 10.2. The average Bonchev–Trinajstić information content (AvgIpc) is 2.58. The van der Waals surface area contributed by atoms with Crippen LogP contribution in [0.1, 0.15) is 24.8 Å². The summed E-state index contributed by atoms with van der Waals surface area (Å²) < 4.78 is 2.15. The Labute approximate surface area is 148 Å². The first-order chi connectivity index (χ1) is 10.8. The Morgan fingerprint density at radius 2 is 1.83 bits per heavy atom. The van der Waals surface area contributed by atoms with Gasteiger partial charge in [-0.3, -0.25) is 9.78 Å². The molecule has 4 nitrogen and oxygen atoms in total. The summed E-state index contributed by atoms with van der Waals surface area (Å²) in [6.45, 7) is 1.73. The van der Waals surface area contributed by atoms with Crippen molar-refractivity contribution < 1.29 is 26.3 Å². The molecule has 0 unspecified atom stereocenters. The van der Waals surface area contributed by atoms with E-state index in [0.717, 1.165) is 32.4 Å². The minimum Gasteiger partial charge on any atom is -1.00 e. The third-order valence-corrected chi connectivity index (χ3v) is 3.75. The Morgan fingerprint density at radius 1 is 1.13 bits per heavy atom. The molecule has 0 saturated heterocycles. The van der Waals surface area contributed by atoms with Crippen LogP contribution in [0.2, 0.25) is 0 Å². The summed E-state index contributed by atoms with van der Waals surface area (Å²) in [6, 6.07) is 10.1. The molecule has 0 aromatic carbocycles. The van der Waals surface area contributed by atoms with Gasteiger partial charge < -0.3 is 21.9 Å². The van der Waals surface area contributed by atoms with Crippen LogP contribution >= 0.6 is 0 Å². The van der Waals surface area contributed by atoms with Crippen molar-refractivity contribution in [1.29, 1.82) is 0 Å². The highest BCUT2D eigenvalue weighted by molar-refractivity contribution is 5.75. The molecule has 2 aromatic heterocycles. The van der Waals surface area contributed by atoms with Crippen LogP contribution in [-0.4, -0.2) is 29.4 Å². The third kappa shape index (κ3) is 7.37. The fraction of sp³-hybridized carbons (Fsp3) is 0.389. The molecule has 2 rings (SSSR count). The lowest BCUT2D eigenvalue weighted by Gasteiger charge is -2.16. The first-order valence-electron chi connectivity index (χ1n) is 7.82. The zero-order valence-electron chi connectivity index (χ0n) is 13.6. The fourth-order valence-electron chi connectivity index (χ4n) is 2.32. The second-order valence-electron chi connectivity index (χ2n) is 5.49. The molecule has 2 heterocycles. The van der Waals surface area contributed by atoms with Crippen LogP contribution in [-0.2, 0) is 17.8 Å². The molecule has 2 aromatic rings. The molecule has 124 valence electrons. The second kappa shape index (κ2) is 10.9. The fourth-order valence-corrected chi connectivity index (χ4v) is 2.32. The van der Waals surface area contributed by atoms with E-state index in [0.29, 0.717) is 6.42 Å². The number of carbonyl (C=O) groups excluding carboxylic acids is 1. The smallest absolute Gasteiger partial charge is 0.222 e. The highest BCUT2D eigenvalue weighted by atomic mass is 79.9. The van der Waals surface area contributed by atoms with Gasteiger partial charge in [-0.1, -0.05) is 6.07 Å². The monoisotopic (exact) mass is 377 g/mol. The van der Waals surface area contributed by atoms with E-state index >= 15 is 0 Å². The molecule has 0 aliphatic rings. The van der Waals surface area contributed by atoms with Gasteiger partial charge in [0, 0.05) is 51.0 Å². The molecular weight excluding hydrogens is 354 g/mol. The van der Waals surface area contributed by atoms with Gasteiger partial charge in [-0.25, -0.2) is 4.57 Å². The number of rotatable bonds is 8. The second-order valence-corrected chi connectivity index (χ2v) is 5.49. The van der Waals surface area contributed by atoms with E-state index in [4.69, 9.17) is 0 Å². The first-order valence-corrected chi connectivity index (χ1v) is 7.82. The molecule has 23 heavy (non-hydrogen) atoms. The van der Waals surface area contributed by atoms with Crippen LogP contribution in [0.5, 0.6) is 0 Å². The molecule has 0 spiro atoms. The number of hydrogen-bond donors (Lipinski definition) is 0. The van der Waals surface area contributed by atoms with Crippen LogP contribution in [0.25, 0.3) is 0 Å². The molecule has 0 aliphatic heterocycles. The van der Waals surface area contributed by atoms with Crippen molar-refractivity contribution in [2.24, 2.45) is 0 Å². The van der Waals surface area contributed by atoms with Gasteiger partial charge in [-0.05, 0) is 30.5 Å². The summed E-state index contributed by atoms with van der Waals surface area (Å²) in [6.07, 6.45) is 11.2. The van der Waals surface area contributed by atoms with Crippen molar-refractivity contribution in [3.8, 4) is 0 Å². The highest BCUT2D eigenvalue weighted by Crippen LogP contribution is 2.03. The SMILES string of the molecule is CN(CCc1ccncc1)C(=O)CCCC[n+]1ccccc1.[Br-]. The summed E-state index contributed by atoms with van der Waals surface area (Å²) in [4.78, 5) is 17.9. The number of aromatic nitrogens is 2. The molecule has 0 N–H and O–H groups in total. The van der Waals surface area contributed by atoms with Gasteiger partial charge in [0.05, 0.1) is 0 Å². The lowest BCUT2D eigenvalue weighted by molar-refractivity contribution is -0.697. The lowest BCUT2D eigenvalue weighted by Crippen LogP contribution is -3.00. The van der Waals surface area contributed by atoms with E-state index in [1.807, 2.05) is 42.3 Å². The standard InChI is InChI=1S/C18H24N3O.BrH/c1-20(16-10-17-8-11-19-12-9-17)18(22)7-3-6-15-21-13-4-2-5-14-21;/h2,4-5,8-9,11-14H,3,6-7,10,15-16H2,1H3;1H/q+1;/p-1. The van der Waals surface area contributed by atoms with Gasteiger partial charge in [0.25, 0.3) is 0 Å². The molecule has 0 saturated carbocycles. The number of aryl methyl sites for hydroxylation is 1. The summed E-state index contributed by atoms with van der Waals surface area (Å²) >= 11 is 0. The normalized spacial score (nSPS) is 9.96. The predicted molar refractivity (Wildman–Crippen MR) is 86.1 cm³/mol.